The van der Waals surface area contributed by atoms with E-state index >= 15 is 0 Å². The second-order valence-corrected chi connectivity index (χ2v) is 3.48. The zero-order chi connectivity index (χ0) is 11.4. The molecule has 0 saturated heterocycles. The number of methoxy groups -OCH3 is 1. The quantitative estimate of drug-likeness (QED) is 0.659. The third-order valence-electron chi connectivity index (χ3n) is 1.63. The van der Waals surface area contributed by atoms with Crippen LogP contribution in [-0.4, -0.2) is 19.7 Å². The number of ether oxygens (including phenoxy) is 2. The number of rotatable bonds is 3. The minimum Gasteiger partial charge on any atom is -0.480 e. The van der Waals surface area contributed by atoms with Crippen LogP contribution >= 0.6 is 23.2 Å². The molecule has 0 atom stereocenters. The molecule has 2 N–H and O–H groups in total. The molecule has 1 aromatic rings. The summed E-state index contributed by atoms with van der Waals surface area (Å²) in [6, 6.07) is 2.90. The molecule has 0 spiro atoms. The van der Waals surface area contributed by atoms with Crippen molar-refractivity contribution >= 4 is 34.9 Å². The van der Waals surface area contributed by atoms with Crippen LogP contribution in [0.2, 0.25) is 10.0 Å². The monoisotopic (exact) mass is 249 g/mol. The van der Waals surface area contributed by atoms with E-state index in [2.05, 4.69) is 4.74 Å². The first-order valence-electron chi connectivity index (χ1n) is 3.98. The highest BCUT2D eigenvalue weighted by atomic mass is 35.5. The van der Waals surface area contributed by atoms with Crippen LogP contribution < -0.4 is 10.5 Å². The van der Waals surface area contributed by atoms with Gasteiger partial charge in [-0.2, -0.15) is 0 Å². The third-order valence-corrected chi connectivity index (χ3v) is 2.35. The molecule has 0 aliphatic carbocycles. The fraction of sp³-hybridized carbons (Fsp3) is 0.222. The predicted octanol–water partition coefficient (Wildman–Crippen LogP) is 2.13. The van der Waals surface area contributed by atoms with Gasteiger partial charge in [-0.1, -0.05) is 23.2 Å². The van der Waals surface area contributed by atoms with E-state index in [0.717, 1.165) is 0 Å². The summed E-state index contributed by atoms with van der Waals surface area (Å²) in [5.74, 6) is -0.199. The van der Waals surface area contributed by atoms with E-state index in [1.165, 1.54) is 19.2 Å². The normalized spacial score (nSPS) is 9.80. The van der Waals surface area contributed by atoms with E-state index in [-0.39, 0.29) is 6.61 Å². The van der Waals surface area contributed by atoms with E-state index in [0.29, 0.717) is 21.5 Å². The van der Waals surface area contributed by atoms with Crippen LogP contribution in [0.3, 0.4) is 0 Å². The van der Waals surface area contributed by atoms with E-state index < -0.39 is 5.97 Å². The van der Waals surface area contributed by atoms with Crippen molar-refractivity contribution in [1.29, 1.82) is 0 Å². The van der Waals surface area contributed by atoms with Crippen molar-refractivity contribution in [2.75, 3.05) is 19.5 Å². The first kappa shape index (κ1) is 11.9. The molecular weight excluding hydrogens is 241 g/mol. The Morgan fingerprint density at radius 2 is 2.00 bits per heavy atom. The van der Waals surface area contributed by atoms with Crippen molar-refractivity contribution in [3.05, 3.63) is 22.2 Å². The molecular formula is C9H9Cl2NO3. The minimum absolute atomic E-state index is 0.224. The number of benzene rings is 1. The maximum absolute atomic E-state index is 10.8. The summed E-state index contributed by atoms with van der Waals surface area (Å²) in [7, 11) is 1.27. The Morgan fingerprint density at radius 1 is 1.40 bits per heavy atom. The maximum Gasteiger partial charge on any atom is 0.343 e. The highest BCUT2D eigenvalue weighted by Gasteiger charge is 2.08. The molecule has 4 nitrogen and oxygen atoms in total. The average molecular weight is 250 g/mol. The second kappa shape index (κ2) is 5.09. The number of esters is 1. The number of hydrogen-bond donors (Lipinski definition) is 1. The van der Waals surface area contributed by atoms with Crippen molar-refractivity contribution in [3.8, 4) is 5.75 Å². The lowest BCUT2D eigenvalue weighted by Crippen LogP contribution is -2.13. The van der Waals surface area contributed by atoms with E-state index in [1.54, 1.807) is 0 Å². The highest BCUT2D eigenvalue weighted by molar-refractivity contribution is 6.42. The number of carbonyl (C=O) groups excluding carboxylic acids is 1. The predicted molar refractivity (Wildman–Crippen MR) is 58.4 cm³/mol. The summed E-state index contributed by atoms with van der Waals surface area (Å²) >= 11 is 11.5. The molecule has 1 rings (SSSR count). The van der Waals surface area contributed by atoms with Gasteiger partial charge >= 0.3 is 5.97 Å². The molecule has 0 aliphatic rings. The fourth-order valence-corrected chi connectivity index (χ4v) is 1.19. The Hall–Kier alpha value is -1.13. The van der Waals surface area contributed by atoms with Crippen molar-refractivity contribution < 1.29 is 14.3 Å². The lowest BCUT2D eigenvalue weighted by molar-refractivity contribution is -0.142. The van der Waals surface area contributed by atoms with E-state index in [1.807, 2.05) is 0 Å². The smallest absolute Gasteiger partial charge is 0.343 e. The second-order valence-electron chi connectivity index (χ2n) is 2.67. The third kappa shape index (κ3) is 3.18. The molecule has 0 aromatic heterocycles. The van der Waals surface area contributed by atoms with Crippen molar-refractivity contribution in [2.45, 2.75) is 0 Å². The van der Waals surface area contributed by atoms with Gasteiger partial charge in [0.25, 0.3) is 0 Å². The SMILES string of the molecule is COC(=O)COc1cc(Cl)c(Cl)cc1N. The van der Waals surface area contributed by atoms with Crippen molar-refractivity contribution in [1.82, 2.24) is 0 Å². The molecule has 0 aliphatic heterocycles. The van der Waals surface area contributed by atoms with Crippen molar-refractivity contribution in [2.24, 2.45) is 0 Å². The van der Waals surface area contributed by atoms with Gasteiger partial charge in [0.1, 0.15) is 5.75 Å². The lowest BCUT2D eigenvalue weighted by Gasteiger charge is -2.08. The summed E-state index contributed by atoms with van der Waals surface area (Å²) in [5.41, 5.74) is 5.91. The Balaban J connectivity index is 2.77. The Kier molecular flexibility index (Phi) is 4.05. The van der Waals surface area contributed by atoms with Crippen LogP contribution in [0.25, 0.3) is 0 Å². The van der Waals surface area contributed by atoms with Gasteiger partial charge in [-0.25, -0.2) is 4.79 Å². The van der Waals surface area contributed by atoms with Gasteiger partial charge in [0.05, 0.1) is 22.8 Å². The first-order valence-corrected chi connectivity index (χ1v) is 4.74. The van der Waals surface area contributed by atoms with Crippen molar-refractivity contribution in [3.63, 3.8) is 0 Å². The number of nitrogens with two attached hydrogens (primary N) is 1. The van der Waals surface area contributed by atoms with Gasteiger partial charge in [-0.3, -0.25) is 0 Å². The van der Waals surface area contributed by atoms with Crippen LogP contribution in [0, 0.1) is 0 Å². The van der Waals surface area contributed by atoms with Gasteiger partial charge in [0.2, 0.25) is 0 Å². The van der Waals surface area contributed by atoms with E-state index in [9.17, 15) is 4.79 Å². The van der Waals surface area contributed by atoms with Crippen LogP contribution in [-0.2, 0) is 9.53 Å². The Labute approximate surface area is 96.9 Å². The van der Waals surface area contributed by atoms with Gasteiger partial charge in [-0.05, 0) is 6.07 Å². The summed E-state index contributed by atoms with van der Waals surface area (Å²) in [5, 5.41) is 0.644. The maximum atomic E-state index is 10.8. The summed E-state index contributed by atoms with van der Waals surface area (Å²) < 4.78 is 9.48. The van der Waals surface area contributed by atoms with Crippen LogP contribution in [0.4, 0.5) is 5.69 Å². The summed E-state index contributed by atoms with van der Waals surface area (Å²) in [4.78, 5) is 10.8. The summed E-state index contributed by atoms with van der Waals surface area (Å²) in [6.07, 6.45) is 0. The fourth-order valence-electron chi connectivity index (χ4n) is 0.865. The molecule has 0 amide bonds. The number of hydrogen-bond acceptors (Lipinski definition) is 4. The first-order chi connectivity index (χ1) is 7.04. The zero-order valence-corrected chi connectivity index (χ0v) is 9.43. The number of anilines is 1. The van der Waals surface area contributed by atoms with Gasteiger partial charge < -0.3 is 15.2 Å². The zero-order valence-electron chi connectivity index (χ0n) is 7.92. The standard InChI is InChI=1S/C9H9Cl2NO3/c1-14-9(13)4-15-8-3-6(11)5(10)2-7(8)12/h2-3H,4,12H2,1H3. The van der Waals surface area contributed by atoms with Crippen LogP contribution in [0.15, 0.2) is 12.1 Å². The molecule has 0 fully saturated rings. The number of nitrogen functional groups attached to an aromatic ring is 1. The van der Waals surface area contributed by atoms with Gasteiger partial charge in [-0.15, -0.1) is 0 Å². The molecule has 0 saturated carbocycles. The Morgan fingerprint density at radius 3 is 2.60 bits per heavy atom. The number of halogens is 2. The molecule has 0 radical (unpaired) electrons. The molecule has 6 heteroatoms. The van der Waals surface area contributed by atoms with Crippen LogP contribution in [0.5, 0.6) is 5.75 Å². The lowest BCUT2D eigenvalue weighted by atomic mass is 10.3. The van der Waals surface area contributed by atoms with Gasteiger partial charge in [0.15, 0.2) is 6.61 Å². The Bertz CT molecular complexity index is 382. The van der Waals surface area contributed by atoms with E-state index in [4.69, 9.17) is 33.7 Å². The molecule has 15 heavy (non-hydrogen) atoms. The minimum atomic E-state index is -0.500. The molecule has 1 aromatic carbocycles. The van der Waals surface area contributed by atoms with Gasteiger partial charge in [0, 0.05) is 6.07 Å². The average Bonchev–Trinajstić information content (AvgIpc) is 2.21. The topological polar surface area (TPSA) is 61.5 Å². The summed E-state index contributed by atoms with van der Waals surface area (Å²) in [6.45, 7) is -0.224. The molecule has 82 valence electrons. The molecule has 0 bridgehead atoms. The van der Waals surface area contributed by atoms with Crippen LogP contribution in [0.1, 0.15) is 0 Å². The largest absolute Gasteiger partial charge is 0.480 e. The molecule has 0 unspecified atom stereocenters. The molecule has 0 heterocycles. The highest BCUT2D eigenvalue weighted by Crippen LogP contribution is 2.32. The number of carbonyl (C=O) groups is 1.